The van der Waals surface area contributed by atoms with Gasteiger partial charge in [-0.05, 0) is 48.4 Å². The number of aryl methyl sites for hydroxylation is 1. The molecule has 0 atom stereocenters. The van der Waals surface area contributed by atoms with Gasteiger partial charge in [0.15, 0.2) is 0 Å². The Morgan fingerprint density at radius 3 is 2.48 bits per heavy atom. The van der Waals surface area contributed by atoms with E-state index < -0.39 is 12.5 Å². The van der Waals surface area contributed by atoms with Crippen molar-refractivity contribution < 1.29 is 19.5 Å². The van der Waals surface area contributed by atoms with Crippen LogP contribution in [0.3, 0.4) is 0 Å². The third-order valence-electron chi connectivity index (χ3n) is 4.15. The number of nitrogens with zero attached hydrogens (tertiary/aromatic N) is 3. The number of carboxylic acids is 1. The predicted molar refractivity (Wildman–Crippen MR) is 105 cm³/mol. The molecule has 0 aliphatic carbocycles. The fourth-order valence-corrected chi connectivity index (χ4v) is 2.71. The molecule has 0 radical (unpaired) electrons. The summed E-state index contributed by atoms with van der Waals surface area (Å²) in [6, 6.07) is 12.2. The SMILES string of the molecule is Cc1cc(-n2cncn2)ccc1C(=O)Nc1ccc(CC(=O)NCC(=O)O)cc1. The highest BCUT2D eigenvalue weighted by atomic mass is 16.4. The average molecular weight is 393 g/mol. The van der Waals surface area contributed by atoms with Gasteiger partial charge in [0.25, 0.3) is 5.91 Å². The summed E-state index contributed by atoms with van der Waals surface area (Å²) in [6.45, 7) is 1.43. The fraction of sp³-hybridized carbons (Fsp3) is 0.150. The highest BCUT2D eigenvalue weighted by Crippen LogP contribution is 2.17. The van der Waals surface area contributed by atoms with E-state index in [1.165, 1.54) is 6.33 Å². The molecular weight excluding hydrogens is 374 g/mol. The summed E-state index contributed by atoms with van der Waals surface area (Å²) in [5.41, 5.74) is 3.43. The van der Waals surface area contributed by atoms with Gasteiger partial charge in [-0.25, -0.2) is 9.67 Å². The van der Waals surface area contributed by atoms with Gasteiger partial charge in [-0.1, -0.05) is 12.1 Å². The fourth-order valence-electron chi connectivity index (χ4n) is 2.71. The summed E-state index contributed by atoms with van der Waals surface area (Å²) in [7, 11) is 0. The van der Waals surface area contributed by atoms with Crippen LogP contribution in [0.25, 0.3) is 5.69 Å². The summed E-state index contributed by atoms with van der Waals surface area (Å²) in [6.07, 6.45) is 3.08. The number of carbonyl (C=O) groups excluding carboxylic acids is 2. The van der Waals surface area contributed by atoms with Crippen LogP contribution in [0.4, 0.5) is 5.69 Å². The number of carbonyl (C=O) groups is 3. The Labute approximate surface area is 166 Å². The van der Waals surface area contributed by atoms with Crippen molar-refractivity contribution in [1.29, 1.82) is 0 Å². The topological polar surface area (TPSA) is 126 Å². The number of benzene rings is 2. The minimum absolute atomic E-state index is 0.0599. The zero-order chi connectivity index (χ0) is 20.8. The van der Waals surface area contributed by atoms with Gasteiger partial charge in [-0.3, -0.25) is 14.4 Å². The number of nitrogens with one attached hydrogen (secondary N) is 2. The molecule has 9 heteroatoms. The third-order valence-corrected chi connectivity index (χ3v) is 4.15. The Bertz CT molecular complexity index is 1030. The molecule has 0 unspecified atom stereocenters. The minimum atomic E-state index is -1.10. The van der Waals surface area contributed by atoms with Gasteiger partial charge in [0.1, 0.15) is 19.2 Å². The number of aliphatic carboxylic acids is 1. The van der Waals surface area contributed by atoms with Gasteiger partial charge in [-0.15, -0.1) is 0 Å². The van der Waals surface area contributed by atoms with Crippen molar-refractivity contribution in [2.24, 2.45) is 0 Å². The van der Waals surface area contributed by atoms with Crippen molar-refractivity contribution in [2.75, 3.05) is 11.9 Å². The van der Waals surface area contributed by atoms with Crippen LogP contribution < -0.4 is 10.6 Å². The molecule has 2 amide bonds. The molecule has 0 saturated heterocycles. The quantitative estimate of drug-likeness (QED) is 0.559. The van der Waals surface area contributed by atoms with E-state index in [0.717, 1.165) is 11.3 Å². The van der Waals surface area contributed by atoms with Crippen LogP contribution in [-0.2, 0) is 16.0 Å². The molecule has 0 aliphatic rings. The molecule has 2 aromatic carbocycles. The summed E-state index contributed by atoms with van der Waals surface area (Å²) in [5, 5.41) is 17.8. The summed E-state index contributed by atoms with van der Waals surface area (Å²) < 4.78 is 1.61. The molecular formula is C20H19N5O4. The lowest BCUT2D eigenvalue weighted by atomic mass is 10.1. The lowest BCUT2D eigenvalue weighted by Gasteiger charge is -2.10. The van der Waals surface area contributed by atoms with Gasteiger partial charge in [-0.2, -0.15) is 5.10 Å². The second-order valence-electron chi connectivity index (χ2n) is 6.34. The second-order valence-corrected chi connectivity index (χ2v) is 6.34. The van der Waals surface area contributed by atoms with E-state index in [-0.39, 0.29) is 18.2 Å². The smallest absolute Gasteiger partial charge is 0.322 e. The normalized spacial score (nSPS) is 10.4. The molecule has 1 aromatic heterocycles. The monoisotopic (exact) mass is 393 g/mol. The van der Waals surface area contributed by atoms with Crippen molar-refractivity contribution in [3.05, 3.63) is 71.8 Å². The van der Waals surface area contributed by atoms with Crippen LogP contribution in [0.15, 0.2) is 55.1 Å². The predicted octanol–water partition coefficient (Wildman–Crippen LogP) is 1.57. The minimum Gasteiger partial charge on any atom is -0.480 e. The Morgan fingerprint density at radius 1 is 1.10 bits per heavy atom. The number of rotatable bonds is 7. The summed E-state index contributed by atoms with van der Waals surface area (Å²) >= 11 is 0. The Balaban J connectivity index is 1.62. The van der Waals surface area contributed by atoms with Gasteiger partial charge < -0.3 is 15.7 Å². The molecule has 1 heterocycles. The van der Waals surface area contributed by atoms with E-state index in [4.69, 9.17) is 5.11 Å². The highest BCUT2D eigenvalue weighted by Gasteiger charge is 2.11. The Kier molecular flexibility index (Phi) is 5.98. The summed E-state index contributed by atoms with van der Waals surface area (Å²) in [4.78, 5) is 38.6. The van der Waals surface area contributed by atoms with Crippen LogP contribution in [-0.4, -0.2) is 44.2 Å². The van der Waals surface area contributed by atoms with E-state index in [9.17, 15) is 14.4 Å². The average Bonchev–Trinajstić information content (AvgIpc) is 3.22. The number of hydrogen-bond acceptors (Lipinski definition) is 5. The first-order valence-electron chi connectivity index (χ1n) is 8.77. The van der Waals surface area contributed by atoms with Gasteiger partial charge in [0.05, 0.1) is 12.1 Å². The first-order valence-corrected chi connectivity index (χ1v) is 8.77. The molecule has 0 saturated carbocycles. The Hall–Kier alpha value is -4.01. The molecule has 29 heavy (non-hydrogen) atoms. The number of carboxylic acid groups (broad SMARTS) is 1. The van der Waals surface area contributed by atoms with Crippen LogP contribution in [0.1, 0.15) is 21.5 Å². The lowest BCUT2D eigenvalue weighted by molar-refractivity contribution is -0.137. The van der Waals surface area contributed by atoms with Crippen LogP contribution in [0, 0.1) is 6.92 Å². The number of amides is 2. The molecule has 0 bridgehead atoms. The van der Waals surface area contributed by atoms with Gasteiger partial charge in [0.2, 0.25) is 5.91 Å². The maximum atomic E-state index is 12.6. The van der Waals surface area contributed by atoms with E-state index in [2.05, 4.69) is 20.7 Å². The molecule has 9 nitrogen and oxygen atoms in total. The van der Waals surface area contributed by atoms with E-state index >= 15 is 0 Å². The highest BCUT2D eigenvalue weighted by molar-refractivity contribution is 6.05. The molecule has 0 aliphatic heterocycles. The molecule has 3 N–H and O–H groups in total. The van der Waals surface area contributed by atoms with Gasteiger partial charge in [0, 0.05) is 11.3 Å². The second kappa shape index (κ2) is 8.79. The number of anilines is 1. The van der Waals surface area contributed by atoms with Crippen molar-refractivity contribution in [1.82, 2.24) is 20.1 Å². The van der Waals surface area contributed by atoms with Crippen molar-refractivity contribution in [2.45, 2.75) is 13.3 Å². The zero-order valence-electron chi connectivity index (χ0n) is 15.6. The molecule has 3 rings (SSSR count). The third kappa shape index (κ3) is 5.25. The zero-order valence-corrected chi connectivity index (χ0v) is 15.6. The lowest BCUT2D eigenvalue weighted by Crippen LogP contribution is -2.30. The van der Waals surface area contributed by atoms with Crippen molar-refractivity contribution in [3.63, 3.8) is 0 Å². The Morgan fingerprint density at radius 2 is 1.86 bits per heavy atom. The van der Waals surface area contributed by atoms with E-state index in [1.807, 2.05) is 13.0 Å². The maximum absolute atomic E-state index is 12.6. The maximum Gasteiger partial charge on any atom is 0.322 e. The molecule has 0 fully saturated rings. The molecule has 0 spiro atoms. The van der Waals surface area contributed by atoms with Crippen LogP contribution in [0.5, 0.6) is 0 Å². The van der Waals surface area contributed by atoms with Crippen molar-refractivity contribution >= 4 is 23.5 Å². The number of hydrogen-bond donors (Lipinski definition) is 3. The molecule has 148 valence electrons. The van der Waals surface area contributed by atoms with Crippen molar-refractivity contribution in [3.8, 4) is 5.69 Å². The van der Waals surface area contributed by atoms with E-state index in [1.54, 1.807) is 47.4 Å². The first-order chi connectivity index (χ1) is 13.9. The number of aromatic nitrogens is 3. The largest absolute Gasteiger partial charge is 0.480 e. The van der Waals surface area contributed by atoms with Crippen LogP contribution >= 0.6 is 0 Å². The summed E-state index contributed by atoms with van der Waals surface area (Å²) in [5.74, 6) is -1.73. The van der Waals surface area contributed by atoms with Crippen LogP contribution in [0.2, 0.25) is 0 Å². The van der Waals surface area contributed by atoms with Gasteiger partial charge >= 0.3 is 5.97 Å². The standard InChI is InChI=1S/C20H19N5O4/c1-13-8-16(25-12-21-11-23-25)6-7-17(13)20(29)24-15-4-2-14(3-5-15)9-18(26)22-10-19(27)28/h2-8,11-12H,9-10H2,1H3,(H,22,26)(H,24,29)(H,27,28). The van der Waals surface area contributed by atoms with E-state index in [0.29, 0.717) is 16.8 Å². The first kappa shape index (κ1) is 19.7. The molecule has 3 aromatic rings.